The molecule has 0 saturated heterocycles. The zero-order valence-electron chi connectivity index (χ0n) is 10.4. The molecule has 18 heavy (non-hydrogen) atoms. The van der Waals surface area contributed by atoms with Crippen LogP contribution in [-0.2, 0) is 6.54 Å². The highest BCUT2D eigenvalue weighted by atomic mass is 35.5. The molecule has 0 aromatic carbocycles. The molecule has 0 bridgehead atoms. The first kappa shape index (κ1) is 13.4. The zero-order chi connectivity index (χ0) is 13.1. The Labute approximate surface area is 111 Å². The van der Waals surface area contributed by atoms with Crippen molar-refractivity contribution in [3.8, 4) is 0 Å². The fraction of sp³-hybridized carbons (Fsp3) is 0.667. The maximum atomic E-state index is 11.9. The molecule has 6 heteroatoms. The summed E-state index contributed by atoms with van der Waals surface area (Å²) < 4.78 is 1.17. The van der Waals surface area contributed by atoms with Gasteiger partial charge in [0.2, 0.25) is 0 Å². The van der Waals surface area contributed by atoms with Crippen molar-refractivity contribution < 1.29 is 5.11 Å². The van der Waals surface area contributed by atoms with Gasteiger partial charge in [-0.15, -0.1) is 0 Å². The summed E-state index contributed by atoms with van der Waals surface area (Å²) >= 11 is 6.04. The van der Waals surface area contributed by atoms with Crippen molar-refractivity contribution >= 4 is 17.3 Å². The Morgan fingerprint density at radius 3 is 3.00 bits per heavy atom. The number of nitrogens with one attached hydrogen (secondary N) is 1. The summed E-state index contributed by atoms with van der Waals surface area (Å²) in [5, 5.41) is 16.3. The van der Waals surface area contributed by atoms with E-state index in [1.807, 2.05) is 0 Å². The molecule has 2 atom stereocenters. The molecule has 100 valence electrons. The monoisotopic (exact) mass is 271 g/mol. The van der Waals surface area contributed by atoms with Crippen molar-refractivity contribution in [3.63, 3.8) is 0 Å². The lowest BCUT2D eigenvalue weighted by molar-refractivity contribution is 0.266. The van der Waals surface area contributed by atoms with Gasteiger partial charge < -0.3 is 10.4 Å². The Balaban J connectivity index is 2.19. The van der Waals surface area contributed by atoms with Gasteiger partial charge in [0.1, 0.15) is 5.02 Å². The highest BCUT2D eigenvalue weighted by molar-refractivity contribution is 6.32. The molecule has 1 saturated carbocycles. The maximum Gasteiger partial charge on any atom is 0.287 e. The zero-order valence-corrected chi connectivity index (χ0v) is 11.2. The van der Waals surface area contributed by atoms with Gasteiger partial charge in [0.25, 0.3) is 5.56 Å². The van der Waals surface area contributed by atoms with E-state index < -0.39 is 0 Å². The molecule has 0 spiro atoms. The number of nitrogens with zero attached hydrogens (tertiary/aromatic N) is 2. The topological polar surface area (TPSA) is 67.2 Å². The van der Waals surface area contributed by atoms with Gasteiger partial charge in [0.05, 0.1) is 25.0 Å². The molecule has 2 rings (SSSR count). The molecule has 1 aliphatic carbocycles. The second-order valence-corrected chi connectivity index (χ2v) is 5.16. The number of aliphatic hydroxyl groups is 1. The number of aromatic nitrogens is 2. The summed E-state index contributed by atoms with van der Waals surface area (Å²) in [5.74, 6) is 0.584. The molecule has 2 N–H and O–H groups in total. The van der Waals surface area contributed by atoms with Crippen LogP contribution >= 0.6 is 11.6 Å². The van der Waals surface area contributed by atoms with Crippen LogP contribution in [0.25, 0.3) is 0 Å². The molecule has 5 nitrogen and oxygen atoms in total. The summed E-state index contributed by atoms with van der Waals surface area (Å²) in [5.41, 5.74) is 0.232. The van der Waals surface area contributed by atoms with E-state index in [-0.39, 0.29) is 23.7 Å². The summed E-state index contributed by atoms with van der Waals surface area (Å²) in [6.45, 7) is 2.23. The second-order valence-electron chi connectivity index (χ2n) is 4.78. The molecule has 0 radical (unpaired) electrons. The minimum atomic E-state index is -0.360. The van der Waals surface area contributed by atoms with Gasteiger partial charge in [-0.3, -0.25) is 4.79 Å². The third-order valence-corrected chi connectivity index (χ3v) is 3.86. The van der Waals surface area contributed by atoms with E-state index in [0.717, 1.165) is 6.42 Å². The van der Waals surface area contributed by atoms with Crippen LogP contribution in [0.15, 0.2) is 11.0 Å². The molecule has 0 aliphatic heterocycles. The summed E-state index contributed by atoms with van der Waals surface area (Å²) in [7, 11) is 0. The first-order chi connectivity index (χ1) is 8.63. The minimum absolute atomic E-state index is 0.129. The Morgan fingerprint density at radius 2 is 2.39 bits per heavy atom. The molecule has 2 unspecified atom stereocenters. The molecule has 1 heterocycles. The van der Waals surface area contributed by atoms with Crippen molar-refractivity contribution in [2.45, 2.75) is 38.8 Å². The maximum absolute atomic E-state index is 11.9. The Bertz CT molecular complexity index is 475. The number of anilines is 1. The molecule has 1 aliphatic rings. The van der Waals surface area contributed by atoms with E-state index in [0.29, 0.717) is 17.6 Å². The van der Waals surface area contributed by atoms with Crippen LogP contribution < -0.4 is 10.9 Å². The summed E-state index contributed by atoms with van der Waals surface area (Å²) in [4.78, 5) is 11.9. The van der Waals surface area contributed by atoms with Crippen LogP contribution in [0.1, 0.15) is 26.2 Å². The third kappa shape index (κ3) is 2.67. The van der Waals surface area contributed by atoms with Gasteiger partial charge in [0, 0.05) is 6.04 Å². The third-order valence-electron chi connectivity index (χ3n) is 3.50. The first-order valence-electron chi connectivity index (χ1n) is 6.26. The number of aliphatic hydroxyl groups excluding tert-OH is 1. The predicted molar refractivity (Wildman–Crippen MR) is 71.0 cm³/mol. The molecule has 1 fully saturated rings. The van der Waals surface area contributed by atoms with Crippen LogP contribution in [0.5, 0.6) is 0 Å². The lowest BCUT2D eigenvalue weighted by Crippen LogP contribution is -2.28. The van der Waals surface area contributed by atoms with Crippen LogP contribution in [-0.4, -0.2) is 27.5 Å². The van der Waals surface area contributed by atoms with Crippen molar-refractivity contribution in [1.82, 2.24) is 9.78 Å². The lowest BCUT2D eigenvalue weighted by atomic mass is 10.1. The fourth-order valence-corrected chi connectivity index (χ4v) is 2.58. The van der Waals surface area contributed by atoms with Crippen molar-refractivity contribution in [1.29, 1.82) is 0 Å². The number of hydrogen-bond donors (Lipinski definition) is 2. The largest absolute Gasteiger partial charge is 0.394 e. The molecular weight excluding hydrogens is 254 g/mol. The van der Waals surface area contributed by atoms with E-state index in [1.54, 1.807) is 6.20 Å². The fourth-order valence-electron chi connectivity index (χ4n) is 2.38. The standard InChI is InChI=1S/C12H18ClN3O2/c1-8-3-2-4-9(8)15-10-7-14-16(5-6-17)12(18)11(10)13/h7-9,15,17H,2-6H2,1H3. The van der Waals surface area contributed by atoms with Gasteiger partial charge in [0.15, 0.2) is 0 Å². The van der Waals surface area contributed by atoms with E-state index in [2.05, 4.69) is 17.3 Å². The normalized spacial score (nSPS) is 23.3. The van der Waals surface area contributed by atoms with Crippen LogP contribution in [0, 0.1) is 5.92 Å². The van der Waals surface area contributed by atoms with E-state index in [9.17, 15) is 4.79 Å². The van der Waals surface area contributed by atoms with Crippen molar-refractivity contribution in [2.24, 2.45) is 5.92 Å². The van der Waals surface area contributed by atoms with Crippen LogP contribution in [0.2, 0.25) is 5.02 Å². The first-order valence-corrected chi connectivity index (χ1v) is 6.64. The Morgan fingerprint density at radius 1 is 1.61 bits per heavy atom. The smallest absolute Gasteiger partial charge is 0.287 e. The van der Waals surface area contributed by atoms with Crippen LogP contribution in [0.4, 0.5) is 5.69 Å². The average molecular weight is 272 g/mol. The van der Waals surface area contributed by atoms with Gasteiger partial charge in [-0.2, -0.15) is 5.10 Å². The number of rotatable bonds is 4. The van der Waals surface area contributed by atoms with Gasteiger partial charge in [-0.25, -0.2) is 4.68 Å². The lowest BCUT2D eigenvalue weighted by Gasteiger charge is -2.19. The van der Waals surface area contributed by atoms with Crippen molar-refractivity contribution in [3.05, 3.63) is 21.6 Å². The molecule has 1 aromatic rings. The molecule has 1 aromatic heterocycles. The van der Waals surface area contributed by atoms with Gasteiger partial charge in [-0.05, 0) is 18.8 Å². The number of hydrogen-bond acceptors (Lipinski definition) is 4. The Kier molecular flexibility index (Phi) is 4.24. The summed E-state index contributed by atoms with van der Waals surface area (Å²) in [6, 6.07) is 0.359. The molecule has 0 amide bonds. The molecular formula is C12H18ClN3O2. The highest BCUT2D eigenvalue weighted by Crippen LogP contribution is 2.29. The summed E-state index contributed by atoms with van der Waals surface area (Å²) in [6.07, 6.45) is 5.05. The Hall–Kier alpha value is -1.07. The van der Waals surface area contributed by atoms with Crippen molar-refractivity contribution in [2.75, 3.05) is 11.9 Å². The van der Waals surface area contributed by atoms with Gasteiger partial charge >= 0.3 is 0 Å². The second kappa shape index (κ2) is 5.71. The van der Waals surface area contributed by atoms with Gasteiger partial charge in [-0.1, -0.05) is 24.9 Å². The minimum Gasteiger partial charge on any atom is -0.394 e. The SMILES string of the molecule is CC1CCCC1Nc1cnn(CCO)c(=O)c1Cl. The number of halogens is 1. The van der Waals surface area contributed by atoms with Crippen LogP contribution in [0.3, 0.4) is 0 Å². The highest BCUT2D eigenvalue weighted by Gasteiger charge is 2.24. The van der Waals surface area contributed by atoms with E-state index in [1.165, 1.54) is 17.5 Å². The van der Waals surface area contributed by atoms with E-state index >= 15 is 0 Å². The predicted octanol–water partition coefficient (Wildman–Crippen LogP) is 1.49. The average Bonchev–Trinajstić information content (AvgIpc) is 2.75. The van der Waals surface area contributed by atoms with E-state index in [4.69, 9.17) is 16.7 Å². The quantitative estimate of drug-likeness (QED) is 0.871.